The second-order valence-electron chi connectivity index (χ2n) is 8.82. The lowest BCUT2D eigenvalue weighted by Crippen LogP contribution is -2.43. The fraction of sp³-hybridized carbons (Fsp3) is 0.391. The van der Waals surface area contributed by atoms with Crippen LogP contribution in [0.15, 0.2) is 47.5 Å². The third-order valence-electron chi connectivity index (χ3n) is 5.82. The smallest absolute Gasteiger partial charge is 0.379 e. The predicted molar refractivity (Wildman–Crippen MR) is 126 cm³/mol. The number of carbonyl (C=O) groups excluding carboxylic acids is 3. The number of imide groups is 1. The molecule has 0 radical (unpaired) electrons. The molecule has 13 heteroatoms. The molecule has 3 heterocycles. The van der Waals surface area contributed by atoms with Crippen molar-refractivity contribution < 1.29 is 32.3 Å². The largest absolute Gasteiger partial charge is 0.446 e. The number of benzene rings is 1. The van der Waals surface area contributed by atoms with Gasteiger partial charge in [-0.05, 0) is 74.0 Å². The molecule has 1 aromatic heterocycles. The summed E-state index contributed by atoms with van der Waals surface area (Å²) in [5.74, 6) is -0.233. The second-order valence-corrected chi connectivity index (χ2v) is 9.96. The van der Waals surface area contributed by atoms with Crippen LogP contribution in [0.4, 0.5) is 34.3 Å². The third-order valence-corrected chi connectivity index (χ3v) is 6.56. The zero-order valence-corrected chi connectivity index (χ0v) is 20.3. The molecule has 192 valence electrons. The molecular weight excluding hydrogens is 499 g/mol. The Morgan fingerprint density at radius 1 is 1.22 bits per heavy atom. The molecule has 5 amide bonds. The number of amides is 5. The Morgan fingerprint density at radius 3 is 2.58 bits per heavy atom. The van der Waals surface area contributed by atoms with Crippen LogP contribution in [0.25, 0.3) is 0 Å². The van der Waals surface area contributed by atoms with E-state index in [4.69, 9.17) is 4.74 Å². The van der Waals surface area contributed by atoms with Crippen LogP contribution in [-0.2, 0) is 16.1 Å². The molecule has 36 heavy (non-hydrogen) atoms. The first-order valence-corrected chi connectivity index (χ1v) is 11.9. The molecule has 1 aromatic carbocycles. The number of nitrogens with zero attached hydrogens (tertiary/aromatic N) is 3. The van der Waals surface area contributed by atoms with E-state index in [1.54, 1.807) is 26.0 Å². The average molecular weight is 524 g/mol. The highest BCUT2D eigenvalue weighted by molar-refractivity contribution is 8.00. The quantitative estimate of drug-likeness (QED) is 0.431. The molecule has 2 aromatic rings. The monoisotopic (exact) mass is 523 g/mol. The van der Waals surface area contributed by atoms with E-state index in [2.05, 4.69) is 15.6 Å². The first kappa shape index (κ1) is 25.8. The van der Waals surface area contributed by atoms with E-state index in [-0.39, 0.29) is 40.7 Å². The predicted octanol–water partition coefficient (Wildman–Crippen LogP) is 4.35. The standard InChI is InChI=1S/C23H24F3N5O4S/c1-22(2)19(32)31(16-3-5-17(6-4-16)36-23(24,25)26)21(34)30(22)12-14-7-9-27-18(11-14)29-20(33)28-15-8-10-35-13-15/h3-7,9,11,15H,8,10,12-13H2,1-2H3,(H2,27,28,29,33). The molecule has 0 saturated carbocycles. The Bertz CT molecular complexity index is 1150. The van der Waals surface area contributed by atoms with Crippen LogP contribution in [-0.4, -0.2) is 58.2 Å². The minimum absolute atomic E-state index is 0.0470. The van der Waals surface area contributed by atoms with Crippen molar-refractivity contribution in [3.05, 3.63) is 48.2 Å². The molecule has 2 aliphatic heterocycles. The molecule has 1 atom stereocenters. The number of hydrogen-bond donors (Lipinski definition) is 2. The summed E-state index contributed by atoms with van der Waals surface area (Å²) < 4.78 is 43.1. The van der Waals surface area contributed by atoms with E-state index in [9.17, 15) is 27.6 Å². The van der Waals surface area contributed by atoms with Crippen molar-refractivity contribution in [1.82, 2.24) is 15.2 Å². The number of rotatable bonds is 6. The number of ether oxygens (including phenoxy) is 1. The summed E-state index contributed by atoms with van der Waals surface area (Å²) in [6, 6.07) is 7.21. The number of alkyl halides is 3. The van der Waals surface area contributed by atoms with Crippen LogP contribution in [0.3, 0.4) is 0 Å². The Hall–Kier alpha value is -3.32. The molecule has 0 bridgehead atoms. The average Bonchev–Trinajstić information content (AvgIpc) is 3.35. The summed E-state index contributed by atoms with van der Waals surface area (Å²) in [6.45, 7) is 4.27. The van der Waals surface area contributed by atoms with Crippen molar-refractivity contribution in [1.29, 1.82) is 0 Å². The highest BCUT2D eigenvalue weighted by Crippen LogP contribution is 2.39. The summed E-state index contributed by atoms with van der Waals surface area (Å²) in [6.07, 6.45) is 2.20. The normalized spacial score (nSPS) is 19.6. The lowest BCUT2D eigenvalue weighted by atomic mass is 10.0. The summed E-state index contributed by atoms with van der Waals surface area (Å²) in [5, 5.41) is 5.44. The zero-order chi connectivity index (χ0) is 26.1. The lowest BCUT2D eigenvalue weighted by Gasteiger charge is -2.27. The topological polar surface area (TPSA) is 104 Å². The summed E-state index contributed by atoms with van der Waals surface area (Å²) in [7, 11) is 0. The number of urea groups is 2. The summed E-state index contributed by atoms with van der Waals surface area (Å²) >= 11 is -0.276. The van der Waals surface area contributed by atoms with Crippen molar-refractivity contribution >= 4 is 41.2 Å². The van der Waals surface area contributed by atoms with Crippen molar-refractivity contribution in [2.45, 2.75) is 48.8 Å². The van der Waals surface area contributed by atoms with Gasteiger partial charge < -0.3 is 15.0 Å². The lowest BCUT2D eigenvalue weighted by molar-refractivity contribution is -0.123. The minimum Gasteiger partial charge on any atom is -0.379 e. The van der Waals surface area contributed by atoms with E-state index in [0.29, 0.717) is 18.8 Å². The van der Waals surface area contributed by atoms with Crippen LogP contribution in [0.1, 0.15) is 25.8 Å². The van der Waals surface area contributed by atoms with Gasteiger partial charge in [0, 0.05) is 24.2 Å². The van der Waals surface area contributed by atoms with Crippen LogP contribution < -0.4 is 15.5 Å². The molecular formula is C23H24F3N5O4S. The Morgan fingerprint density at radius 2 is 1.94 bits per heavy atom. The highest BCUT2D eigenvalue weighted by Gasteiger charge is 2.51. The third kappa shape index (κ3) is 5.73. The fourth-order valence-electron chi connectivity index (χ4n) is 3.94. The number of thioether (sulfide) groups is 1. The molecule has 0 aliphatic carbocycles. The van der Waals surface area contributed by atoms with Gasteiger partial charge in [-0.25, -0.2) is 19.5 Å². The van der Waals surface area contributed by atoms with Crippen molar-refractivity contribution in [2.75, 3.05) is 23.4 Å². The van der Waals surface area contributed by atoms with Crippen LogP contribution in [0, 0.1) is 0 Å². The molecule has 0 spiro atoms. The van der Waals surface area contributed by atoms with E-state index < -0.39 is 29.0 Å². The Kier molecular flexibility index (Phi) is 7.14. The van der Waals surface area contributed by atoms with E-state index in [1.807, 2.05) is 0 Å². The van der Waals surface area contributed by atoms with Gasteiger partial charge in [-0.1, -0.05) is 0 Å². The van der Waals surface area contributed by atoms with Gasteiger partial charge in [-0.2, -0.15) is 13.2 Å². The number of carbonyl (C=O) groups is 3. The maximum atomic E-state index is 13.2. The molecule has 4 rings (SSSR count). The zero-order valence-electron chi connectivity index (χ0n) is 19.5. The summed E-state index contributed by atoms with van der Waals surface area (Å²) in [4.78, 5) is 45.0. The molecule has 1 unspecified atom stereocenters. The number of nitrogens with one attached hydrogen (secondary N) is 2. The van der Waals surface area contributed by atoms with Crippen LogP contribution >= 0.6 is 11.8 Å². The number of hydrogen-bond acceptors (Lipinski definition) is 6. The van der Waals surface area contributed by atoms with Crippen molar-refractivity contribution in [2.24, 2.45) is 0 Å². The van der Waals surface area contributed by atoms with Crippen LogP contribution in [0.5, 0.6) is 0 Å². The van der Waals surface area contributed by atoms with E-state index >= 15 is 0 Å². The van der Waals surface area contributed by atoms with Crippen LogP contribution in [0.2, 0.25) is 0 Å². The van der Waals surface area contributed by atoms with Gasteiger partial charge in [0.2, 0.25) is 0 Å². The molecule has 2 aliphatic rings. The van der Waals surface area contributed by atoms with Crippen molar-refractivity contribution in [3.63, 3.8) is 0 Å². The molecule has 2 N–H and O–H groups in total. The molecule has 9 nitrogen and oxygen atoms in total. The van der Waals surface area contributed by atoms with Gasteiger partial charge in [-0.3, -0.25) is 10.1 Å². The summed E-state index contributed by atoms with van der Waals surface area (Å²) in [5.41, 5.74) is -4.86. The highest BCUT2D eigenvalue weighted by atomic mass is 32.2. The number of aromatic nitrogens is 1. The molecule has 2 fully saturated rings. The Labute approximate surface area is 209 Å². The van der Waals surface area contributed by atoms with Gasteiger partial charge in [-0.15, -0.1) is 0 Å². The van der Waals surface area contributed by atoms with Gasteiger partial charge in [0.25, 0.3) is 5.91 Å². The maximum Gasteiger partial charge on any atom is 0.446 e. The van der Waals surface area contributed by atoms with E-state index in [1.165, 1.54) is 35.4 Å². The molecule has 2 saturated heterocycles. The minimum atomic E-state index is -4.44. The van der Waals surface area contributed by atoms with E-state index in [0.717, 1.165) is 11.3 Å². The van der Waals surface area contributed by atoms with Gasteiger partial charge in [0.05, 0.1) is 18.3 Å². The maximum absolute atomic E-state index is 13.2. The Balaban J connectivity index is 1.47. The SMILES string of the molecule is CC1(C)C(=O)N(c2ccc(SC(F)(F)F)cc2)C(=O)N1Cc1ccnc(NC(=O)NC2CCOC2)c1. The second kappa shape index (κ2) is 9.97. The van der Waals surface area contributed by atoms with Gasteiger partial charge in [0.1, 0.15) is 11.4 Å². The van der Waals surface area contributed by atoms with Gasteiger partial charge >= 0.3 is 17.6 Å². The van der Waals surface area contributed by atoms with Gasteiger partial charge in [0.15, 0.2) is 0 Å². The first-order chi connectivity index (χ1) is 16.9. The fourth-order valence-corrected chi connectivity index (χ4v) is 4.47. The number of anilines is 2. The first-order valence-electron chi connectivity index (χ1n) is 11.1. The number of halogens is 3. The van der Waals surface area contributed by atoms with Crippen molar-refractivity contribution in [3.8, 4) is 0 Å². The number of pyridine rings is 1.